The topological polar surface area (TPSA) is 35.5 Å². The molecule has 2 aromatic rings. The molecule has 0 aliphatic heterocycles. The average Bonchev–Trinajstić information content (AvgIpc) is 2.59. The molecule has 0 unspecified atom stereocenters. The summed E-state index contributed by atoms with van der Waals surface area (Å²) in [6, 6.07) is 19.5. The van der Waals surface area contributed by atoms with Crippen molar-refractivity contribution >= 4 is 6.29 Å². The fourth-order valence-corrected chi connectivity index (χ4v) is 2.04. The number of ether oxygens (including phenoxy) is 2. The third kappa shape index (κ3) is 4.95. The van der Waals surface area contributed by atoms with Gasteiger partial charge in [0.15, 0.2) is 6.29 Å². The zero-order valence-corrected chi connectivity index (χ0v) is 12.4. The Morgan fingerprint density at radius 2 is 1.27 bits per heavy atom. The van der Waals surface area contributed by atoms with E-state index < -0.39 is 12.2 Å². The molecule has 0 bridgehead atoms. The molecular formula is C19H20O3. The van der Waals surface area contributed by atoms with Gasteiger partial charge in [0.05, 0.1) is 13.2 Å². The van der Waals surface area contributed by atoms with E-state index in [0.717, 1.165) is 17.4 Å². The summed E-state index contributed by atoms with van der Waals surface area (Å²) in [7, 11) is 0. The largest absolute Gasteiger partial charge is 0.366 e. The maximum absolute atomic E-state index is 11.3. The van der Waals surface area contributed by atoms with Gasteiger partial charge in [-0.05, 0) is 11.1 Å². The first-order valence-electron chi connectivity index (χ1n) is 7.22. The van der Waals surface area contributed by atoms with Gasteiger partial charge >= 0.3 is 0 Å². The smallest absolute Gasteiger partial charge is 0.151 e. The van der Waals surface area contributed by atoms with Crippen LogP contribution >= 0.6 is 0 Å². The summed E-state index contributed by atoms with van der Waals surface area (Å²) >= 11 is 0. The number of rotatable bonds is 9. The van der Waals surface area contributed by atoms with Crippen LogP contribution in [0.15, 0.2) is 73.3 Å². The first kappa shape index (κ1) is 16.1. The van der Waals surface area contributed by atoms with Crippen LogP contribution in [0.25, 0.3) is 0 Å². The monoisotopic (exact) mass is 296 g/mol. The lowest BCUT2D eigenvalue weighted by Crippen LogP contribution is -2.31. The molecule has 0 N–H and O–H groups in total. The molecule has 3 nitrogen and oxygen atoms in total. The molecule has 22 heavy (non-hydrogen) atoms. The van der Waals surface area contributed by atoms with E-state index >= 15 is 0 Å². The van der Waals surface area contributed by atoms with Crippen molar-refractivity contribution in [3.8, 4) is 0 Å². The van der Waals surface area contributed by atoms with Crippen LogP contribution in [0.5, 0.6) is 0 Å². The second-order valence-electron chi connectivity index (χ2n) is 4.89. The van der Waals surface area contributed by atoms with Crippen molar-refractivity contribution in [1.82, 2.24) is 0 Å². The molecular weight excluding hydrogens is 276 g/mol. The summed E-state index contributed by atoms with van der Waals surface area (Å²) in [5.74, 6) is 0. The van der Waals surface area contributed by atoms with Gasteiger partial charge in [0.2, 0.25) is 0 Å². The Bertz CT molecular complexity index is 512. The third-order valence-corrected chi connectivity index (χ3v) is 3.26. The highest BCUT2D eigenvalue weighted by atomic mass is 16.5. The van der Waals surface area contributed by atoms with Gasteiger partial charge in [-0.25, -0.2) is 0 Å². The predicted molar refractivity (Wildman–Crippen MR) is 86.3 cm³/mol. The molecule has 0 aliphatic carbocycles. The Balaban J connectivity index is 1.89. The lowest BCUT2D eigenvalue weighted by atomic mass is 10.2. The first-order valence-corrected chi connectivity index (χ1v) is 7.22. The van der Waals surface area contributed by atoms with Gasteiger partial charge in [-0.15, -0.1) is 6.58 Å². The average molecular weight is 296 g/mol. The van der Waals surface area contributed by atoms with E-state index in [0.29, 0.717) is 13.2 Å². The standard InChI is InChI=1S/C19H20O3/c1-2-18(21-14-16-9-5-3-6-10-16)19(13-20)22-15-17-11-7-4-8-12-17/h2-13,18-19H,1,14-15H2/t18-,19-/m1/s1. The van der Waals surface area contributed by atoms with Crippen molar-refractivity contribution in [3.05, 3.63) is 84.4 Å². The van der Waals surface area contributed by atoms with Crippen molar-refractivity contribution in [3.63, 3.8) is 0 Å². The van der Waals surface area contributed by atoms with Crippen LogP contribution in [0.1, 0.15) is 11.1 Å². The fourth-order valence-electron chi connectivity index (χ4n) is 2.04. The molecule has 0 radical (unpaired) electrons. The lowest BCUT2D eigenvalue weighted by Gasteiger charge is -2.21. The zero-order valence-electron chi connectivity index (χ0n) is 12.4. The molecule has 0 fully saturated rings. The van der Waals surface area contributed by atoms with Gasteiger partial charge in [0, 0.05) is 0 Å². The third-order valence-electron chi connectivity index (χ3n) is 3.26. The van der Waals surface area contributed by atoms with Crippen molar-refractivity contribution in [2.75, 3.05) is 0 Å². The Kier molecular flexibility index (Phi) is 6.55. The quantitative estimate of drug-likeness (QED) is 0.524. The van der Waals surface area contributed by atoms with Gasteiger partial charge in [-0.2, -0.15) is 0 Å². The molecule has 0 spiro atoms. The highest BCUT2D eigenvalue weighted by Crippen LogP contribution is 2.11. The van der Waals surface area contributed by atoms with Gasteiger partial charge in [0.1, 0.15) is 12.2 Å². The Labute approximate surface area is 131 Å². The van der Waals surface area contributed by atoms with Crippen LogP contribution in [0, 0.1) is 0 Å². The van der Waals surface area contributed by atoms with E-state index in [1.807, 2.05) is 60.7 Å². The molecule has 114 valence electrons. The summed E-state index contributed by atoms with van der Waals surface area (Å²) in [6.07, 6.45) is 1.23. The number of benzene rings is 2. The summed E-state index contributed by atoms with van der Waals surface area (Å²) < 4.78 is 11.4. The second-order valence-corrected chi connectivity index (χ2v) is 4.89. The van der Waals surface area contributed by atoms with Gasteiger partial charge in [-0.1, -0.05) is 66.7 Å². The molecule has 0 amide bonds. The zero-order chi connectivity index (χ0) is 15.6. The molecule has 3 heteroatoms. The number of hydrogen-bond acceptors (Lipinski definition) is 3. The molecule has 2 atom stereocenters. The van der Waals surface area contributed by atoms with E-state index in [9.17, 15) is 4.79 Å². The molecule has 0 saturated heterocycles. The minimum Gasteiger partial charge on any atom is -0.366 e. The fraction of sp³-hybridized carbons (Fsp3) is 0.211. The van der Waals surface area contributed by atoms with Crippen molar-refractivity contribution in [2.45, 2.75) is 25.4 Å². The number of carbonyl (C=O) groups excluding carboxylic acids is 1. The summed E-state index contributed by atoms with van der Waals surface area (Å²) in [4.78, 5) is 11.3. The van der Waals surface area contributed by atoms with Crippen LogP contribution in [0.4, 0.5) is 0 Å². The SMILES string of the molecule is C=C[C@@H](OCc1ccccc1)[C@@H](C=O)OCc1ccccc1. The van der Waals surface area contributed by atoms with Crippen LogP contribution in [0.2, 0.25) is 0 Å². The summed E-state index contributed by atoms with van der Waals surface area (Å²) in [6.45, 7) is 4.51. The van der Waals surface area contributed by atoms with E-state index in [-0.39, 0.29) is 0 Å². The van der Waals surface area contributed by atoms with E-state index in [2.05, 4.69) is 6.58 Å². The number of carbonyl (C=O) groups is 1. The normalized spacial score (nSPS) is 13.3. The lowest BCUT2D eigenvalue weighted by molar-refractivity contribution is -0.128. The molecule has 0 saturated carbocycles. The minimum absolute atomic E-state index is 0.364. The van der Waals surface area contributed by atoms with Crippen molar-refractivity contribution in [1.29, 1.82) is 0 Å². The first-order chi connectivity index (χ1) is 10.8. The van der Waals surface area contributed by atoms with Crippen LogP contribution in [-0.4, -0.2) is 18.5 Å². The highest BCUT2D eigenvalue weighted by Gasteiger charge is 2.19. The molecule has 0 aromatic heterocycles. The van der Waals surface area contributed by atoms with Crippen LogP contribution in [0.3, 0.4) is 0 Å². The predicted octanol–water partition coefficient (Wildman–Crippen LogP) is 3.54. The van der Waals surface area contributed by atoms with Crippen LogP contribution < -0.4 is 0 Å². The summed E-state index contributed by atoms with van der Waals surface area (Å²) in [5.41, 5.74) is 2.06. The minimum atomic E-state index is -0.665. The maximum atomic E-state index is 11.3. The molecule has 2 rings (SSSR count). The Morgan fingerprint density at radius 3 is 1.68 bits per heavy atom. The molecule has 0 aliphatic rings. The second kappa shape index (κ2) is 8.93. The van der Waals surface area contributed by atoms with Crippen LogP contribution in [-0.2, 0) is 27.5 Å². The van der Waals surface area contributed by atoms with E-state index in [1.165, 1.54) is 0 Å². The number of aldehydes is 1. The molecule has 2 aromatic carbocycles. The molecule has 0 heterocycles. The highest BCUT2D eigenvalue weighted by molar-refractivity contribution is 5.57. The van der Waals surface area contributed by atoms with Gasteiger partial charge in [0.25, 0.3) is 0 Å². The van der Waals surface area contributed by atoms with E-state index in [1.54, 1.807) is 6.08 Å². The van der Waals surface area contributed by atoms with E-state index in [4.69, 9.17) is 9.47 Å². The maximum Gasteiger partial charge on any atom is 0.151 e. The van der Waals surface area contributed by atoms with Gasteiger partial charge in [-0.3, -0.25) is 0 Å². The Hall–Kier alpha value is -2.23. The van der Waals surface area contributed by atoms with Crippen molar-refractivity contribution in [2.24, 2.45) is 0 Å². The van der Waals surface area contributed by atoms with Gasteiger partial charge < -0.3 is 14.3 Å². The number of hydrogen-bond donors (Lipinski definition) is 0. The summed E-state index contributed by atoms with van der Waals surface area (Å²) in [5, 5.41) is 0. The Morgan fingerprint density at radius 1 is 0.818 bits per heavy atom. The van der Waals surface area contributed by atoms with Crippen molar-refractivity contribution < 1.29 is 14.3 Å².